The Balaban J connectivity index is 2.23. The molecule has 0 amide bonds. The third-order valence-corrected chi connectivity index (χ3v) is 2.83. The summed E-state index contributed by atoms with van der Waals surface area (Å²) < 4.78 is 11.4. The zero-order chi connectivity index (χ0) is 14.5. The van der Waals surface area contributed by atoms with Crippen LogP contribution in [0.2, 0.25) is 0 Å². The zero-order valence-corrected chi connectivity index (χ0v) is 12.3. The van der Waals surface area contributed by atoms with Gasteiger partial charge in [-0.15, -0.1) is 0 Å². The van der Waals surface area contributed by atoms with E-state index in [9.17, 15) is 4.79 Å². The second kappa shape index (κ2) is 6.38. The van der Waals surface area contributed by atoms with E-state index in [0.29, 0.717) is 16.8 Å². The van der Waals surface area contributed by atoms with Crippen molar-refractivity contribution in [2.24, 2.45) is 0 Å². The molecule has 0 spiro atoms. The molecule has 20 heavy (non-hydrogen) atoms. The minimum atomic E-state index is -1.10. The summed E-state index contributed by atoms with van der Waals surface area (Å²) in [5.41, 5.74) is -0.00624. The van der Waals surface area contributed by atoms with Gasteiger partial charge in [-0.25, -0.2) is 9.78 Å². The first-order valence-corrected chi connectivity index (χ1v) is 6.69. The summed E-state index contributed by atoms with van der Waals surface area (Å²) in [6, 6.07) is 8.33. The van der Waals surface area contributed by atoms with Crippen molar-refractivity contribution in [1.29, 1.82) is 0 Å². The van der Waals surface area contributed by atoms with Crippen molar-refractivity contribution >= 4 is 21.9 Å². The highest BCUT2D eigenvalue weighted by Crippen LogP contribution is 2.26. The van der Waals surface area contributed by atoms with Crippen molar-refractivity contribution in [3.05, 3.63) is 46.6 Å². The molecule has 0 bridgehead atoms. The molecule has 1 aromatic carbocycles. The van der Waals surface area contributed by atoms with E-state index in [1.165, 1.54) is 12.3 Å². The highest BCUT2D eigenvalue weighted by Gasteiger charge is 2.14. The van der Waals surface area contributed by atoms with Crippen molar-refractivity contribution in [3.8, 4) is 17.4 Å². The minimum Gasteiger partial charge on any atom is -0.494 e. The van der Waals surface area contributed by atoms with E-state index in [0.717, 1.165) is 5.75 Å². The molecule has 0 saturated carbocycles. The minimum absolute atomic E-state index is 0.00624. The van der Waals surface area contributed by atoms with Crippen LogP contribution in [0.1, 0.15) is 17.3 Å². The van der Waals surface area contributed by atoms with Crippen LogP contribution >= 0.6 is 15.9 Å². The quantitative estimate of drug-likeness (QED) is 0.900. The molecule has 104 valence electrons. The van der Waals surface area contributed by atoms with Crippen LogP contribution in [0.4, 0.5) is 0 Å². The Morgan fingerprint density at radius 1 is 1.30 bits per heavy atom. The highest BCUT2D eigenvalue weighted by molar-refractivity contribution is 9.10. The van der Waals surface area contributed by atoms with Gasteiger partial charge < -0.3 is 14.6 Å². The van der Waals surface area contributed by atoms with Crippen molar-refractivity contribution < 1.29 is 19.4 Å². The fourth-order valence-corrected chi connectivity index (χ4v) is 1.87. The van der Waals surface area contributed by atoms with Crippen LogP contribution < -0.4 is 9.47 Å². The lowest BCUT2D eigenvalue weighted by atomic mass is 10.2. The number of rotatable bonds is 5. The van der Waals surface area contributed by atoms with Gasteiger partial charge in [0.15, 0.2) is 0 Å². The molecule has 1 aromatic heterocycles. The SMILES string of the molecule is CCOc1ccc(Oc2ncc(Br)cc2C(=O)O)cc1. The van der Waals surface area contributed by atoms with Crippen LogP contribution in [-0.2, 0) is 0 Å². The van der Waals surface area contributed by atoms with Gasteiger partial charge in [-0.2, -0.15) is 0 Å². The van der Waals surface area contributed by atoms with Crippen LogP contribution in [0, 0.1) is 0 Å². The zero-order valence-electron chi connectivity index (χ0n) is 10.7. The topological polar surface area (TPSA) is 68.7 Å². The fourth-order valence-electron chi connectivity index (χ4n) is 1.54. The monoisotopic (exact) mass is 337 g/mol. The lowest BCUT2D eigenvalue weighted by Crippen LogP contribution is -2.02. The Hall–Kier alpha value is -2.08. The summed E-state index contributed by atoms with van der Waals surface area (Å²) in [5, 5.41) is 9.12. The Kier molecular flexibility index (Phi) is 4.57. The molecule has 2 rings (SSSR count). The standard InChI is InChI=1S/C14H12BrNO4/c1-2-19-10-3-5-11(6-4-10)20-13-12(14(17)18)7-9(15)8-16-13/h3-8H,2H2,1H3,(H,17,18). The van der Waals surface area contributed by atoms with Gasteiger partial charge >= 0.3 is 5.97 Å². The van der Waals surface area contributed by atoms with Crippen molar-refractivity contribution in [2.45, 2.75) is 6.92 Å². The van der Waals surface area contributed by atoms with Crippen LogP contribution in [-0.4, -0.2) is 22.7 Å². The number of carbonyl (C=O) groups is 1. The van der Waals surface area contributed by atoms with Crippen molar-refractivity contribution in [2.75, 3.05) is 6.61 Å². The first kappa shape index (κ1) is 14.3. The lowest BCUT2D eigenvalue weighted by molar-refractivity contribution is 0.0693. The first-order chi connectivity index (χ1) is 9.60. The number of hydrogen-bond acceptors (Lipinski definition) is 4. The summed E-state index contributed by atoms with van der Waals surface area (Å²) in [5.74, 6) is 0.164. The molecule has 0 aliphatic carbocycles. The molecule has 6 heteroatoms. The smallest absolute Gasteiger partial charge is 0.341 e. The molecule has 0 fully saturated rings. The van der Waals surface area contributed by atoms with Gasteiger partial charge in [0.1, 0.15) is 17.1 Å². The van der Waals surface area contributed by atoms with Gasteiger partial charge in [-0.1, -0.05) is 0 Å². The highest BCUT2D eigenvalue weighted by atomic mass is 79.9. The number of ether oxygens (including phenoxy) is 2. The van der Waals surface area contributed by atoms with Crippen molar-refractivity contribution in [1.82, 2.24) is 4.98 Å². The molecular weight excluding hydrogens is 326 g/mol. The Bertz CT molecular complexity index is 613. The van der Waals surface area contributed by atoms with Gasteiger partial charge in [-0.05, 0) is 53.2 Å². The molecule has 0 atom stereocenters. The second-order valence-electron chi connectivity index (χ2n) is 3.82. The fraction of sp³-hybridized carbons (Fsp3) is 0.143. The van der Waals surface area contributed by atoms with Crippen LogP contribution in [0.5, 0.6) is 17.4 Å². The van der Waals surface area contributed by atoms with E-state index in [2.05, 4.69) is 20.9 Å². The number of aromatic carboxylic acids is 1. The summed E-state index contributed by atoms with van der Waals surface area (Å²) in [7, 11) is 0. The second-order valence-corrected chi connectivity index (χ2v) is 4.73. The van der Waals surface area contributed by atoms with E-state index < -0.39 is 5.97 Å². The van der Waals surface area contributed by atoms with Crippen LogP contribution in [0.15, 0.2) is 41.0 Å². The van der Waals surface area contributed by atoms with E-state index in [1.807, 2.05) is 6.92 Å². The Morgan fingerprint density at radius 2 is 1.95 bits per heavy atom. The molecule has 0 unspecified atom stereocenters. The number of hydrogen-bond donors (Lipinski definition) is 1. The number of pyridine rings is 1. The summed E-state index contributed by atoms with van der Waals surface area (Å²) in [4.78, 5) is 15.1. The van der Waals surface area contributed by atoms with E-state index in [1.54, 1.807) is 24.3 Å². The number of nitrogens with zero attached hydrogens (tertiary/aromatic N) is 1. The largest absolute Gasteiger partial charge is 0.494 e. The van der Waals surface area contributed by atoms with E-state index in [-0.39, 0.29) is 11.4 Å². The maximum absolute atomic E-state index is 11.1. The maximum Gasteiger partial charge on any atom is 0.341 e. The predicted octanol–water partition coefficient (Wildman–Crippen LogP) is 3.73. The van der Waals surface area contributed by atoms with Crippen molar-refractivity contribution in [3.63, 3.8) is 0 Å². The first-order valence-electron chi connectivity index (χ1n) is 5.89. The Morgan fingerprint density at radius 3 is 2.55 bits per heavy atom. The molecule has 0 radical (unpaired) electrons. The molecule has 0 aliphatic rings. The molecule has 0 aliphatic heterocycles. The van der Waals surface area contributed by atoms with Crippen LogP contribution in [0.3, 0.4) is 0 Å². The van der Waals surface area contributed by atoms with Gasteiger partial charge in [0.2, 0.25) is 5.88 Å². The van der Waals surface area contributed by atoms with Gasteiger partial charge in [-0.3, -0.25) is 0 Å². The third-order valence-electron chi connectivity index (χ3n) is 2.40. The number of benzene rings is 1. The summed E-state index contributed by atoms with van der Waals surface area (Å²) in [6.45, 7) is 2.48. The molecule has 1 heterocycles. The summed E-state index contributed by atoms with van der Waals surface area (Å²) >= 11 is 3.18. The number of carboxylic acid groups (broad SMARTS) is 1. The summed E-state index contributed by atoms with van der Waals surface area (Å²) in [6.07, 6.45) is 1.48. The van der Waals surface area contributed by atoms with Crippen LogP contribution in [0.25, 0.3) is 0 Å². The van der Waals surface area contributed by atoms with E-state index >= 15 is 0 Å². The van der Waals surface area contributed by atoms with Gasteiger partial charge in [0.25, 0.3) is 0 Å². The third kappa shape index (κ3) is 3.48. The van der Waals surface area contributed by atoms with Gasteiger partial charge in [0.05, 0.1) is 6.61 Å². The molecule has 5 nitrogen and oxygen atoms in total. The predicted molar refractivity (Wildman–Crippen MR) is 76.6 cm³/mol. The van der Waals surface area contributed by atoms with E-state index in [4.69, 9.17) is 14.6 Å². The molecule has 1 N–H and O–H groups in total. The molecular formula is C14H12BrNO4. The van der Waals surface area contributed by atoms with Gasteiger partial charge in [0, 0.05) is 10.7 Å². The average molecular weight is 338 g/mol. The number of carboxylic acids is 1. The molecule has 2 aromatic rings. The molecule has 0 saturated heterocycles. The lowest BCUT2D eigenvalue weighted by Gasteiger charge is -2.08. The maximum atomic E-state index is 11.1. The Labute approximate surface area is 124 Å². The normalized spacial score (nSPS) is 10.1. The number of aromatic nitrogens is 1. The number of halogens is 1. The average Bonchev–Trinajstić information content (AvgIpc) is 2.43.